The summed E-state index contributed by atoms with van der Waals surface area (Å²) in [5, 5.41) is 0. The van der Waals surface area contributed by atoms with E-state index in [1.165, 1.54) is 29.1 Å². The predicted molar refractivity (Wildman–Crippen MR) is 95.3 cm³/mol. The summed E-state index contributed by atoms with van der Waals surface area (Å²) in [6.07, 6.45) is 1.30. The number of piperazine rings is 1. The van der Waals surface area contributed by atoms with Crippen molar-refractivity contribution in [2.24, 2.45) is 0 Å². The van der Waals surface area contributed by atoms with Crippen molar-refractivity contribution in [3.05, 3.63) is 29.3 Å². The molecule has 2 aliphatic heterocycles. The Morgan fingerprint density at radius 3 is 2.65 bits per heavy atom. The molecule has 3 rings (SSSR count). The Balaban J connectivity index is 1.44. The van der Waals surface area contributed by atoms with Gasteiger partial charge < -0.3 is 9.64 Å². The van der Waals surface area contributed by atoms with Gasteiger partial charge in [0.15, 0.2) is 6.61 Å². The van der Waals surface area contributed by atoms with Crippen LogP contribution in [-0.4, -0.2) is 66.0 Å². The smallest absolute Gasteiger partial charge is 0.260 e. The number of amides is 1. The predicted octanol–water partition coefficient (Wildman–Crippen LogP) is 2.33. The maximum Gasteiger partial charge on any atom is 0.260 e. The van der Waals surface area contributed by atoms with E-state index in [4.69, 9.17) is 4.74 Å². The molecule has 1 aromatic rings. The van der Waals surface area contributed by atoms with Crippen molar-refractivity contribution in [1.82, 2.24) is 9.80 Å². The van der Waals surface area contributed by atoms with E-state index < -0.39 is 0 Å². The molecule has 0 N–H and O–H groups in total. The van der Waals surface area contributed by atoms with Gasteiger partial charge in [0.05, 0.1) is 0 Å². The molecule has 0 aliphatic carbocycles. The van der Waals surface area contributed by atoms with E-state index in [0.29, 0.717) is 0 Å². The van der Waals surface area contributed by atoms with Crippen molar-refractivity contribution in [3.63, 3.8) is 0 Å². The van der Waals surface area contributed by atoms with E-state index in [2.05, 4.69) is 18.7 Å². The number of thioether (sulfide) groups is 1. The topological polar surface area (TPSA) is 32.8 Å². The SMILES string of the molecule is Cc1ccc(OCC(=O)N2CCN([C@H]3CCSC3)CC2)cc1C. The Kier molecular flexibility index (Phi) is 5.49. The summed E-state index contributed by atoms with van der Waals surface area (Å²) in [5.41, 5.74) is 2.43. The summed E-state index contributed by atoms with van der Waals surface area (Å²) >= 11 is 2.05. The molecule has 0 bridgehead atoms. The lowest BCUT2D eigenvalue weighted by atomic mass is 10.1. The molecular formula is C18H26N2O2S. The van der Waals surface area contributed by atoms with E-state index in [1.807, 2.05) is 34.9 Å². The van der Waals surface area contributed by atoms with Crippen LogP contribution in [0.2, 0.25) is 0 Å². The van der Waals surface area contributed by atoms with Crippen LogP contribution in [0, 0.1) is 13.8 Å². The van der Waals surface area contributed by atoms with Crippen molar-refractivity contribution >= 4 is 17.7 Å². The summed E-state index contributed by atoms with van der Waals surface area (Å²) in [6, 6.07) is 6.70. The van der Waals surface area contributed by atoms with Crippen LogP contribution in [0.4, 0.5) is 0 Å². The Hall–Kier alpha value is -1.20. The summed E-state index contributed by atoms with van der Waals surface area (Å²) in [5.74, 6) is 3.42. The molecule has 23 heavy (non-hydrogen) atoms. The lowest BCUT2D eigenvalue weighted by molar-refractivity contribution is -0.135. The number of hydrogen-bond acceptors (Lipinski definition) is 4. The molecule has 0 spiro atoms. The molecule has 0 unspecified atom stereocenters. The third-order valence-corrected chi connectivity index (χ3v) is 6.07. The highest BCUT2D eigenvalue weighted by Crippen LogP contribution is 2.23. The van der Waals surface area contributed by atoms with E-state index >= 15 is 0 Å². The molecule has 5 heteroatoms. The van der Waals surface area contributed by atoms with Crippen LogP contribution in [0.25, 0.3) is 0 Å². The molecule has 0 saturated carbocycles. The number of hydrogen-bond donors (Lipinski definition) is 0. The van der Waals surface area contributed by atoms with E-state index in [1.54, 1.807) is 0 Å². The van der Waals surface area contributed by atoms with Gasteiger partial charge in [0.2, 0.25) is 0 Å². The second-order valence-electron chi connectivity index (χ2n) is 6.47. The number of ether oxygens (including phenoxy) is 1. The maximum atomic E-state index is 12.3. The summed E-state index contributed by atoms with van der Waals surface area (Å²) in [7, 11) is 0. The Bertz CT molecular complexity index is 550. The normalized spacial score (nSPS) is 22.3. The zero-order chi connectivity index (χ0) is 16.2. The molecule has 0 aromatic heterocycles. The highest BCUT2D eigenvalue weighted by atomic mass is 32.2. The van der Waals surface area contributed by atoms with Crippen molar-refractivity contribution < 1.29 is 9.53 Å². The fourth-order valence-electron chi connectivity index (χ4n) is 3.19. The zero-order valence-corrected chi connectivity index (χ0v) is 14.9. The average molecular weight is 334 g/mol. The van der Waals surface area contributed by atoms with Gasteiger partial charge in [-0.1, -0.05) is 6.07 Å². The lowest BCUT2D eigenvalue weighted by Gasteiger charge is -2.37. The van der Waals surface area contributed by atoms with E-state index in [0.717, 1.165) is 38.0 Å². The Morgan fingerprint density at radius 2 is 2.00 bits per heavy atom. The van der Waals surface area contributed by atoms with E-state index in [-0.39, 0.29) is 12.5 Å². The van der Waals surface area contributed by atoms with Crippen LogP contribution in [0.3, 0.4) is 0 Å². The number of carbonyl (C=O) groups excluding carboxylic acids is 1. The van der Waals surface area contributed by atoms with Gasteiger partial charge in [-0.05, 0) is 49.3 Å². The summed E-state index contributed by atoms with van der Waals surface area (Å²) in [6.45, 7) is 7.94. The average Bonchev–Trinajstić information content (AvgIpc) is 3.10. The molecule has 2 heterocycles. The van der Waals surface area contributed by atoms with Crippen LogP contribution in [0.15, 0.2) is 18.2 Å². The van der Waals surface area contributed by atoms with Crippen molar-refractivity contribution in [1.29, 1.82) is 0 Å². The van der Waals surface area contributed by atoms with Gasteiger partial charge in [0.25, 0.3) is 5.91 Å². The summed E-state index contributed by atoms with van der Waals surface area (Å²) < 4.78 is 5.68. The quantitative estimate of drug-likeness (QED) is 0.846. The first-order chi connectivity index (χ1) is 11.1. The first-order valence-electron chi connectivity index (χ1n) is 8.43. The van der Waals surface area contributed by atoms with Crippen molar-refractivity contribution in [2.45, 2.75) is 26.3 Å². The van der Waals surface area contributed by atoms with Crippen LogP contribution in [-0.2, 0) is 4.79 Å². The van der Waals surface area contributed by atoms with Crippen molar-refractivity contribution in [3.8, 4) is 5.75 Å². The highest BCUT2D eigenvalue weighted by molar-refractivity contribution is 7.99. The van der Waals surface area contributed by atoms with E-state index in [9.17, 15) is 4.79 Å². The Morgan fingerprint density at radius 1 is 1.22 bits per heavy atom. The second kappa shape index (κ2) is 7.58. The van der Waals surface area contributed by atoms with Gasteiger partial charge in [0.1, 0.15) is 5.75 Å². The fourth-order valence-corrected chi connectivity index (χ4v) is 4.44. The molecule has 2 fully saturated rings. The molecule has 126 valence electrons. The maximum absolute atomic E-state index is 12.3. The van der Waals surface area contributed by atoms with Crippen LogP contribution >= 0.6 is 11.8 Å². The minimum Gasteiger partial charge on any atom is -0.484 e. The molecule has 1 aromatic carbocycles. The first kappa shape index (κ1) is 16.7. The number of nitrogens with zero attached hydrogens (tertiary/aromatic N) is 2. The first-order valence-corrected chi connectivity index (χ1v) is 9.58. The molecular weight excluding hydrogens is 308 g/mol. The van der Waals surface area contributed by atoms with Gasteiger partial charge in [-0.2, -0.15) is 11.8 Å². The van der Waals surface area contributed by atoms with Gasteiger partial charge in [-0.15, -0.1) is 0 Å². The summed E-state index contributed by atoms with van der Waals surface area (Å²) in [4.78, 5) is 16.8. The monoisotopic (exact) mass is 334 g/mol. The largest absolute Gasteiger partial charge is 0.484 e. The molecule has 1 amide bonds. The zero-order valence-electron chi connectivity index (χ0n) is 14.1. The van der Waals surface area contributed by atoms with Gasteiger partial charge in [0, 0.05) is 38.0 Å². The number of carbonyl (C=O) groups is 1. The number of aryl methyl sites for hydroxylation is 2. The second-order valence-corrected chi connectivity index (χ2v) is 7.62. The van der Waals surface area contributed by atoms with Crippen LogP contribution < -0.4 is 4.74 Å². The number of rotatable bonds is 4. The molecule has 1 atom stereocenters. The minimum absolute atomic E-state index is 0.101. The number of benzene rings is 1. The Labute approximate surface area is 143 Å². The van der Waals surface area contributed by atoms with Gasteiger partial charge in [-0.25, -0.2) is 0 Å². The fraction of sp³-hybridized carbons (Fsp3) is 0.611. The molecule has 0 radical (unpaired) electrons. The van der Waals surface area contributed by atoms with Crippen LogP contribution in [0.1, 0.15) is 17.5 Å². The molecule has 4 nitrogen and oxygen atoms in total. The lowest BCUT2D eigenvalue weighted by Crippen LogP contribution is -2.52. The third kappa shape index (κ3) is 4.21. The standard InChI is InChI=1S/C18H26N2O2S/c1-14-3-4-17(11-15(14)2)22-12-18(21)20-8-6-19(7-9-20)16-5-10-23-13-16/h3-4,11,16H,5-10,12-13H2,1-2H3/t16-/m0/s1. The third-order valence-electron chi connectivity index (χ3n) is 4.93. The molecule has 2 saturated heterocycles. The highest BCUT2D eigenvalue weighted by Gasteiger charge is 2.28. The van der Waals surface area contributed by atoms with Gasteiger partial charge >= 0.3 is 0 Å². The minimum atomic E-state index is 0.101. The van der Waals surface area contributed by atoms with Gasteiger partial charge in [-0.3, -0.25) is 9.69 Å². The molecule has 2 aliphatic rings. The van der Waals surface area contributed by atoms with Crippen molar-refractivity contribution in [2.75, 3.05) is 44.3 Å². The van der Waals surface area contributed by atoms with Crippen LogP contribution in [0.5, 0.6) is 5.75 Å².